The lowest BCUT2D eigenvalue weighted by atomic mass is 10.1. The van der Waals surface area contributed by atoms with Crippen molar-refractivity contribution in [2.24, 2.45) is 0 Å². The summed E-state index contributed by atoms with van der Waals surface area (Å²) >= 11 is 0. The van der Waals surface area contributed by atoms with Gasteiger partial charge in [0.15, 0.2) is 0 Å². The molecule has 2 nitrogen and oxygen atoms in total. The Morgan fingerprint density at radius 1 is 1.20 bits per heavy atom. The molecule has 1 aromatic rings. The van der Waals surface area contributed by atoms with Crippen molar-refractivity contribution in [2.75, 3.05) is 13.1 Å². The normalized spacial score (nSPS) is 17.9. The molecule has 1 aliphatic rings. The Balaban J connectivity index is 1.81. The molecule has 1 saturated heterocycles. The van der Waals surface area contributed by atoms with Crippen molar-refractivity contribution in [3.05, 3.63) is 35.4 Å². The molecule has 82 valence electrons. The van der Waals surface area contributed by atoms with Gasteiger partial charge < -0.3 is 0 Å². The molecule has 1 heterocycles. The van der Waals surface area contributed by atoms with Crippen LogP contribution in [0.25, 0.3) is 0 Å². The summed E-state index contributed by atoms with van der Waals surface area (Å²) in [4.78, 5) is 0. The zero-order valence-electron chi connectivity index (χ0n) is 9.50. The van der Waals surface area contributed by atoms with Crippen LogP contribution >= 0.6 is 0 Å². The summed E-state index contributed by atoms with van der Waals surface area (Å²) in [6, 6.07) is 8.70. The molecule has 0 radical (unpaired) electrons. The molecule has 1 N–H and O–H groups in total. The van der Waals surface area contributed by atoms with Crippen molar-refractivity contribution in [3.8, 4) is 0 Å². The van der Waals surface area contributed by atoms with Crippen molar-refractivity contribution in [1.82, 2.24) is 10.4 Å². The molecule has 15 heavy (non-hydrogen) atoms. The summed E-state index contributed by atoms with van der Waals surface area (Å²) in [5, 5.41) is 2.35. The quantitative estimate of drug-likeness (QED) is 0.813. The van der Waals surface area contributed by atoms with E-state index in [0.717, 1.165) is 6.54 Å². The van der Waals surface area contributed by atoms with E-state index in [9.17, 15) is 0 Å². The maximum absolute atomic E-state index is 3.50. The van der Waals surface area contributed by atoms with Gasteiger partial charge in [0.2, 0.25) is 0 Å². The standard InChI is InChI=1S/C13H20N2/c1-12-6-5-7-13(10-12)11-14-15-8-3-2-4-9-15/h5-7,10,14H,2-4,8-9,11H2,1H3. The van der Waals surface area contributed by atoms with E-state index in [-0.39, 0.29) is 0 Å². The first kappa shape index (κ1) is 10.7. The van der Waals surface area contributed by atoms with Gasteiger partial charge in [-0.1, -0.05) is 36.2 Å². The molecule has 0 aromatic heterocycles. The number of hydrazine groups is 1. The van der Waals surface area contributed by atoms with Gasteiger partial charge in [-0.3, -0.25) is 5.43 Å². The average molecular weight is 204 g/mol. The van der Waals surface area contributed by atoms with Gasteiger partial charge in [-0.2, -0.15) is 0 Å². The number of rotatable bonds is 3. The lowest BCUT2D eigenvalue weighted by Crippen LogP contribution is -2.41. The SMILES string of the molecule is Cc1cccc(CNN2CCCCC2)c1. The summed E-state index contributed by atoms with van der Waals surface area (Å²) in [5.41, 5.74) is 6.21. The van der Waals surface area contributed by atoms with Crippen LogP contribution in [0.15, 0.2) is 24.3 Å². The van der Waals surface area contributed by atoms with E-state index in [1.54, 1.807) is 0 Å². The molecular weight excluding hydrogens is 184 g/mol. The molecule has 1 fully saturated rings. The van der Waals surface area contributed by atoms with Crippen LogP contribution in [0.1, 0.15) is 30.4 Å². The number of aryl methyl sites for hydroxylation is 1. The highest BCUT2D eigenvalue weighted by atomic mass is 15.5. The van der Waals surface area contributed by atoms with Crippen LogP contribution in [-0.4, -0.2) is 18.1 Å². The van der Waals surface area contributed by atoms with Crippen molar-refractivity contribution < 1.29 is 0 Å². The Morgan fingerprint density at radius 2 is 2.00 bits per heavy atom. The molecule has 0 saturated carbocycles. The smallest absolute Gasteiger partial charge is 0.0353 e. The van der Waals surface area contributed by atoms with Crippen molar-refractivity contribution >= 4 is 0 Å². The number of hydrogen-bond donors (Lipinski definition) is 1. The minimum atomic E-state index is 0.960. The van der Waals surface area contributed by atoms with Gasteiger partial charge in [-0.15, -0.1) is 0 Å². The van der Waals surface area contributed by atoms with Gasteiger partial charge in [-0.25, -0.2) is 5.01 Å². The van der Waals surface area contributed by atoms with Gasteiger partial charge in [-0.05, 0) is 25.3 Å². The third kappa shape index (κ3) is 3.33. The Bertz CT molecular complexity index is 303. The molecule has 0 aliphatic carbocycles. The van der Waals surface area contributed by atoms with Crippen LogP contribution in [0, 0.1) is 6.92 Å². The number of nitrogens with zero attached hydrogens (tertiary/aromatic N) is 1. The van der Waals surface area contributed by atoms with Crippen molar-refractivity contribution in [1.29, 1.82) is 0 Å². The van der Waals surface area contributed by atoms with Gasteiger partial charge in [0, 0.05) is 19.6 Å². The molecule has 2 rings (SSSR count). The van der Waals surface area contributed by atoms with E-state index in [1.165, 1.54) is 43.5 Å². The second-order valence-corrected chi connectivity index (χ2v) is 4.37. The van der Waals surface area contributed by atoms with E-state index in [0.29, 0.717) is 0 Å². The molecule has 0 spiro atoms. The second-order valence-electron chi connectivity index (χ2n) is 4.37. The van der Waals surface area contributed by atoms with Gasteiger partial charge in [0.25, 0.3) is 0 Å². The Morgan fingerprint density at radius 3 is 2.73 bits per heavy atom. The van der Waals surface area contributed by atoms with E-state index in [1.807, 2.05) is 0 Å². The van der Waals surface area contributed by atoms with Gasteiger partial charge in [0.05, 0.1) is 0 Å². The molecule has 0 atom stereocenters. The molecule has 1 aliphatic heterocycles. The zero-order chi connectivity index (χ0) is 10.5. The second kappa shape index (κ2) is 5.29. The van der Waals surface area contributed by atoms with Gasteiger partial charge >= 0.3 is 0 Å². The third-order valence-corrected chi connectivity index (χ3v) is 2.95. The fourth-order valence-electron chi connectivity index (χ4n) is 2.08. The number of piperidine rings is 1. The summed E-state index contributed by atoms with van der Waals surface area (Å²) in [5.74, 6) is 0. The highest BCUT2D eigenvalue weighted by molar-refractivity contribution is 5.21. The fourth-order valence-corrected chi connectivity index (χ4v) is 2.08. The van der Waals surface area contributed by atoms with Crippen LogP contribution in [0.4, 0.5) is 0 Å². The van der Waals surface area contributed by atoms with E-state index in [2.05, 4.69) is 41.6 Å². The number of benzene rings is 1. The maximum Gasteiger partial charge on any atom is 0.0353 e. The first-order chi connectivity index (χ1) is 7.34. The van der Waals surface area contributed by atoms with E-state index < -0.39 is 0 Å². The summed E-state index contributed by atoms with van der Waals surface area (Å²) < 4.78 is 0. The minimum absolute atomic E-state index is 0.960. The van der Waals surface area contributed by atoms with Crippen molar-refractivity contribution in [3.63, 3.8) is 0 Å². The predicted molar refractivity (Wildman–Crippen MR) is 63.4 cm³/mol. The molecule has 2 heteroatoms. The summed E-state index contributed by atoms with van der Waals surface area (Å²) in [7, 11) is 0. The largest absolute Gasteiger partial charge is 0.251 e. The van der Waals surface area contributed by atoms with Crippen LogP contribution in [0.5, 0.6) is 0 Å². The van der Waals surface area contributed by atoms with E-state index >= 15 is 0 Å². The van der Waals surface area contributed by atoms with Crippen molar-refractivity contribution in [2.45, 2.75) is 32.7 Å². The number of nitrogens with one attached hydrogen (secondary N) is 1. The first-order valence-corrected chi connectivity index (χ1v) is 5.88. The topological polar surface area (TPSA) is 15.3 Å². The first-order valence-electron chi connectivity index (χ1n) is 5.88. The molecule has 0 bridgehead atoms. The summed E-state index contributed by atoms with van der Waals surface area (Å²) in [6.45, 7) is 5.50. The Labute approximate surface area is 92.3 Å². The highest BCUT2D eigenvalue weighted by Gasteiger charge is 2.08. The lowest BCUT2D eigenvalue weighted by Gasteiger charge is -2.27. The molecular formula is C13H20N2. The van der Waals surface area contributed by atoms with Crippen LogP contribution in [0.3, 0.4) is 0 Å². The number of hydrogen-bond acceptors (Lipinski definition) is 2. The maximum atomic E-state index is 3.50. The van der Waals surface area contributed by atoms with Crippen LogP contribution in [-0.2, 0) is 6.54 Å². The minimum Gasteiger partial charge on any atom is -0.251 e. The third-order valence-electron chi connectivity index (χ3n) is 2.95. The zero-order valence-corrected chi connectivity index (χ0v) is 9.50. The van der Waals surface area contributed by atoms with E-state index in [4.69, 9.17) is 0 Å². The summed E-state index contributed by atoms with van der Waals surface area (Å²) in [6.07, 6.45) is 4.06. The highest BCUT2D eigenvalue weighted by Crippen LogP contribution is 2.08. The Hall–Kier alpha value is -0.860. The fraction of sp³-hybridized carbons (Fsp3) is 0.538. The lowest BCUT2D eigenvalue weighted by molar-refractivity contribution is 0.151. The van der Waals surface area contributed by atoms with Crippen LogP contribution in [0.2, 0.25) is 0 Å². The molecule has 1 aromatic carbocycles. The van der Waals surface area contributed by atoms with Crippen LogP contribution < -0.4 is 5.43 Å². The molecule has 0 unspecified atom stereocenters. The van der Waals surface area contributed by atoms with Gasteiger partial charge in [0.1, 0.15) is 0 Å². The average Bonchev–Trinajstić information content (AvgIpc) is 2.28. The molecule has 0 amide bonds. The predicted octanol–water partition coefficient (Wildman–Crippen LogP) is 2.49. The monoisotopic (exact) mass is 204 g/mol. The Kier molecular flexibility index (Phi) is 3.75.